The van der Waals surface area contributed by atoms with Gasteiger partial charge in [0.05, 0.1) is 6.26 Å². The van der Waals surface area contributed by atoms with Gasteiger partial charge in [0.15, 0.2) is 5.17 Å². The minimum atomic E-state index is -0.534. The quantitative estimate of drug-likeness (QED) is 0.611. The fraction of sp³-hybridized carbons (Fsp3) is 0.263. The van der Waals surface area contributed by atoms with Gasteiger partial charge in [0.1, 0.15) is 16.7 Å². The highest BCUT2D eigenvalue weighted by Crippen LogP contribution is 2.24. The van der Waals surface area contributed by atoms with Crippen LogP contribution in [0.1, 0.15) is 30.2 Å². The average molecular weight is 384 g/mol. The van der Waals surface area contributed by atoms with Crippen LogP contribution >= 0.6 is 11.8 Å². The summed E-state index contributed by atoms with van der Waals surface area (Å²) in [5.74, 6) is 0.145. The molecule has 1 aromatic carbocycles. The van der Waals surface area contributed by atoms with E-state index >= 15 is 0 Å². The molecule has 2 heterocycles. The first kappa shape index (κ1) is 18.9. The van der Waals surface area contributed by atoms with Crippen molar-refractivity contribution in [3.05, 3.63) is 53.5 Å². The second kappa shape index (κ2) is 8.22. The summed E-state index contributed by atoms with van der Waals surface area (Å²) in [6.07, 6.45) is 1.61. The van der Waals surface area contributed by atoms with E-state index in [2.05, 4.69) is 20.8 Å². The Labute approximate surface area is 161 Å². The summed E-state index contributed by atoms with van der Waals surface area (Å²) in [4.78, 5) is 24.4. The molecule has 27 heavy (non-hydrogen) atoms. The predicted octanol–water partition coefficient (Wildman–Crippen LogP) is 3.24. The normalized spacial score (nSPS) is 18.6. The van der Waals surface area contributed by atoms with E-state index in [0.29, 0.717) is 16.6 Å². The Morgan fingerprint density at radius 3 is 2.85 bits per heavy atom. The molecule has 1 atom stereocenters. The van der Waals surface area contributed by atoms with Crippen LogP contribution in [0.15, 0.2) is 51.2 Å². The lowest BCUT2D eigenvalue weighted by Gasteiger charge is -2.11. The minimum Gasteiger partial charge on any atom is -0.463 e. The van der Waals surface area contributed by atoms with Gasteiger partial charge >= 0.3 is 0 Å². The maximum atomic E-state index is 12.3. The van der Waals surface area contributed by atoms with Crippen LogP contribution in [0.25, 0.3) is 0 Å². The van der Waals surface area contributed by atoms with Crippen LogP contribution in [-0.2, 0) is 9.59 Å². The Hall–Kier alpha value is -2.87. The lowest BCUT2D eigenvalue weighted by atomic mass is 10.1. The van der Waals surface area contributed by atoms with Gasteiger partial charge in [0.25, 0.3) is 0 Å². The van der Waals surface area contributed by atoms with Crippen molar-refractivity contribution < 1.29 is 14.0 Å². The molecule has 3 rings (SSSR count). The second-order valence-corrected chi connectivity index (χ2v) is 7.35. The van der Waals surface area contributed by atoms with E-state index in [4.69, 9.17) is 4.42 Å². The molecule has 0 unspecified atom stereocenters. The minimum absolute atomic E-state index is 0.0593. The highest BCUT2D eigenvalue weighted by molar-refractivity contribution is 8.15. The third-order valence-corrected chi connectivity index (χ3v) is 5.27. The number of amides is 2. The van der Waals surface area contributed by atoms with E-state index in [-0.39, 0.29) is 18.2 Å². The third kappa shape index (κ3) is 4.65. The molecule has 140 valence electrons. The van der Waals surface area contributed by atoms with Crippen molar-refractivity contribution in [3.63, 3.8) is 0 Å². The van der Waals surface area contributed by atoms with Crippen molar-refractivity contribution in [1.29, 1.82) is 0 Å². The molecule has 1 saturated heterocycles. The Bertz CT molecular complexity index is 919. The van der Waals surface area contributed by atoms with Crippen molar-refractivity contribution in [1.82, 2.24) is 5.32 Å². The van der Waals surface area contributed by atoms with E-state index in [9.17, 15) is 9.59 Å². The van der Waals surface area contributed by atoms with Crippen molar-refractivity contribution in [2.45, 2.75) is 32.4 Å². The highest BCUT2D eigenvalue weighted by atomic mass is 32.2. The smallest absolute Gasteiger partial charge is 0.240 e. The van der Waals surface area contributed by atoms with Gasteiger partial charge in [0.2, 0.25) is 11.8 Å². The molecular weight excluding hydrogens is 364 g/mol. The molecule has 0 bridgehead atoms. The van der Waals surface area contributed by atoms with Gasteiger partial charge in [-0.15, -0.1) is 10.2 Å². The van der Waals surface area contributed by atoms with Gasteiger partial charge in [-0.3, -0.25) is 9.59 Å². The molecule has 1 aliphatic rings. The van der Waals surface area contributed by atoms with Crippen LogP contribution in [0.4, 0.5) is 5.69 Å². The van der Waals surface area contributed by atoms with Crippen LogP contribution in [0.5, 0.6) is 0 Å². The summed E-state index contributed by atoms with van der Waals surface area (Å²) in [7, 11) is 0. The number of benzene rings is 1. The first-order chi connectivity index (χ1) is 12.9. The lowest BCUT2D eigenvalue weighted by Crippen LogP contribution is -2.28. The monoisotopic (exact) mass is 384 g/mol. The maximum Gasteiger partial charge on any atom is 0.240 e. The molecule has 1 aliphatic heterocycles. The molecule has 0 radical (unpaired) electrons. The molecule has 7 nitrogen and oxygen atoms in total. The number of amidine groups is 1. The number of hydrogen-bond acceptors (Lipinski definition) is 6. The number of furan rings is 1. The zero-order chi connectivity index (χ0) is 19.4. The molecule has 0 aliphatic carbocycles. The van der Waals surface area contributed by atoms with Gasteiger partial charge < -0.3 is 15.1 Å². The first-order valence-electron chi connectivity index (χ1n) is 8.43. The topological polar surface area (TPSA) is 96.1 Å². The molecule has 1 fully saturated rings. The van der Waals surface area contributed by atoms with E-state index in [1.165, 1.54) is 11.8 Å². The van der Waals surface area contributed by atoms with Crippen molar-refractivity contribution in [2.75, 3.05) is 5.32 Å². The maximum absolute atomic E-state index is 12.3. The number of aryl methyl sites for hydroxylation is 1. The van der Waals surface area contributed by atoms with Gasteiger partial charge in [0, 0.05) is 12.1 Å². The summed E-state index contributed by atoms with van der Waals surface area (Å²) in [5.41, 5.74) is 3.47. The van der Waals surface area contributed by atoms with Crippen LogP contribution in [-0.4, -0.2) is 27.9 Å². The lowest BCUT2D eigenvalue weighted by molar-refractivity contribution is -0.122. The highest BCUT2D eigenvalue weighted by Gasteiger charge is 2.32. The first-order valence-corrected chi connectivity index (χ1v) is 9.31. The molecule has 2 aromatic rings. The van der Waals surface area contributed by atoms with E-state index in [1.807, 2.05) is 32.0 Å². The van der Waals surface area contributed by atoms with Gasteiger partial charge in [-0.05, 0) is 50.1 Å². The molecule has 0 saturated carbocycles. The average Bonchev–Trinajstić information content (AvgIpc) is 3.27. The van der Waals surface area contributed by atoms with Crippen molar-refractivity contribution in [2.24, 2.45) is 10.2 Å². The largest absolute Gasteiger partial charge is 0.463 e. The molecule has 1 aromatic heterocycles. The fourth-order valence-corrected chi connectivity index (χ4v) is 3.41. The Kier molecular flexibility index (Phi) is 5.75. The number of thioether (sulfide) groups is 1. The number of nitrogens with zero attached hydrogens (tertiary/aromatic N) is 2. The second-order valence-electron chi connectivity index (χ2n) is 6.16. The Morgan fingerprint density at radius 1 is 1.30 bits per heavy atom. The number of carbonyl (C=O) groups excluding carboxylic acids is 2. The number of hydrogen-bond donors (Lipinski definition) is 2. The molecule has 2 N–H and O–H groups in total. The molecule has 8 heteroatoms. The van der Waals surface area contributed by atoms with E-state index in [0.717, 1.165) is 16.8 Å². The van der Waals surface area contributed by atoms with Crippen LogP contribution in [0.3, 0.4) is 0 Å². The third-order valence-electron chi connectivity index (χ3n) is 4.19. The molecular formula is C19H20N4O3S. The standard InChI is InChI=1S/C19H20N4O3S/c1-11-6-4-7-14(12(11)2)20-17(24)10-16-18(25)21-19(27-16)23-22-13(3)15-8-5-9-26-15/h4-9,16H,10H2,1-3H3,(H,20,24)(H,21,23,25)/b22-13-/t16-/m0/s1. The zero-order valence-corrected chi connectivity index (χ0v) is 16.1. The predicted molar refractivity (Wildman–Crippen MR) is 107 cm³/mol. The van der Waals surface area contributed by atoms with Crippen LogP contribution in [0.2, 0.25) is 0 Å². The van der Waals surface area contributed by atoms with Gasteiger partial charge in [-0.2, -0.15) is 0 Å². The Morgan fingerprint density at radius 2 is 2.11 bits per heavy atom. The van der Waals surface area contributed by atoms with Gasteiger partial charge in [-0.25, -0.2) is 0 Å². The summed E-state index contributed by atoms with van der Waals surface area (Å²) in [6, 6.07) is 9.26. The summed E-state index contributed by atoms with van der Waals surface area (Å²) in [5, 5.41) is 13.5. The van der Waals surface area contributed by atoms with Crippen LogP contribution in [0, 0.1) is 13.8 Å². The molecule has 2 amide bonds. The summed E-state index contributed by atoms with van der Waals surface area (Å²) >= 11 is 1.20. The van der Waals surface area contributed by atoms with Crippen LogP contribution < -0.4 is 10.6 Å². The number of carbonyl (C=O) groups is 2. The van der Waals surface area contributed by atoms with Gasteiger partial charge in [-0.1, -0.05) is 23.9 Å². The van der Waals surface area contributed by atoms with Crippen molar-refractivity contribution >= 4 is 40.1 Å². The Balaban J connectivity index is 1.60. The van der Waals surface area contributed by atoms with E-state index < -0.39 is 5.25 Å². The fourth-order valence-electron chi connectivity index (χ4n) is 2.50. The summed E-state index contributed by atoms with van der Waals surface area (Å²) in [6.45, 7) is 5.70. The number of anilines is 1. The summed E-state index contributed by atoms with van der Waals surface area (Å²) < 4.78 is 5.23. The van der Waals surface area contributed by atoms with Crippen molar-refractivity contribution in [3.8, 4) is 0 Å². The molecule has 0 spiro atoms. The number of nitrogens with one attached hydrogen (secondary N) is 2. The SMILES string of the molecule is C/C(=N/N=C1\NC(=O)[C@H](CC(=O)Nc2cccc(C)c2C)S1)c1ccco1. The number of rotatable bonds is 5. The van der Waals surface area contributed by atoms with E-state index in [1.54, 1.807) is 25.3 Å². The zero-order valence-electron chi connectivity index (χ0n) is 15.3.